The van der Waals surface area contributed by atoms with Gasteiger partial charge in [0.2, 0.25) is 5.91 Å². The highest BCUT2D eigenvalue weighted by Gasteiger charge is 2.21. The summed E-state index contributed by atoms with van der Waals surface area (Å²) in [5.74, 6) is 2.04. The number of carbonyl (C=O) groups is 1. The summed E-state index contributed by atoms with van der Waals surface area (Å²) < 4.78 is 5.34. The third-order valence-corrected chi connectivity index (χ3v) is 5.38. The van der Waals surface area contributed by atoms with Gasteiger partial charge in [0.1, 0.15) is 5.75 Å². The predicted molar refractivity (Wildman–Crippen MR) is 113 cm³/mol. The molecule has 28 heavy (non-hydrogen) atoms. The number of carbonyl (C=O) groups excluding carboxylic acids is 1. The van der Waals surface area contributed by atoms with Gasteiger partial charge in [-0.2, -0.15) is 0 Å². The average Bonchev–Trinajstić information content (AvgIpc) is 3.28. The molecular formula is C21H33N5O2. The Morgan fingerprint density at radius 2 is 1.86 bits per heavy atom. The average molecular weight is 388 g/mol. The molecule has 0 aliphatic carbocycles. The summed E-state index contributed by atoms with van der Waals surface area (Å²) in [5.41, 5.74) is 1.19. The normalized spacial score (nSPS) is 17.8. The van der Waals surface area contributed by atoms with Gasteiger partial charge < -0.3 is 24.8 Å². The van der Waals surface area contributed by atoms with E-state index in [9.17, 15) is 4.79 Å². The quantitative estimate of drug-likeness (QED) is 0.596. The smallest absolute Gasteiger partial charge is 0.224 e. The monoisotopic (exact) mass is 387 g/mol. The Labute approximate surface area is 168 Å². The Morgan fingerprint density at radius 3 is 2.54 bits per heavy atom. The number of amides is 1. The number of rotatable bonds is 6. The third-order valence-electron chi connectivity index (χ3n) is 5.38. The van der Waals surface area contributed by atoms with Crippen LogP contribution in [0.2, 0.25) is 0 Å². The van der Waals surface area contributed by atoms with Crippen LogP contribution >= 0.6 is 0 Å². The van der Waals surface area contributed by atoms with Crippen LogP contribution in [0, 0.1) is 0 Å². The topological polar surface area (TPSA) is 60.4 Å². The Bertz CT molecular complexity index is 665. The molecule has 2 fully saturated rings. The number of benzene rings is 1. The molecule has 154 valence electrons. The molecule has 1 aromatic rings. The number of methoxy groups -OCH3 is 1. The fourth-order valence-electron chi connectivity index (χ4n) is 3.79. The van der Waals surface area contributed by atoms with Gasteiger partial charge in [0.25, 0.3) is 0 Å². The highest BCUT2D eigenvalue weighted by Crippen LogP contribution is 2.22. The predicted octanol–water partition coefficient (Wildman–Crippen LogP) is 1.80. The van der Waals surface area contributed by atoms with Crippen LogP contribution in [0.15, 0.2) is 29.3 Å². The van der Waals surface area contributed by atoms with Gasteiger partial charge in [-0.3, -0.25) is 9.79 Å². The van der Waals surface area contributed by atoms with Crippen molar-refractivity contribution in [2.24, 2.45) is 4.99 Å². The van der Waals surface area contributed by atoms with E-state index in [0.29, 0.717) is 13.0 Å². The summed E-state index contributed by atoms with van der Waals surface area (Å²) in [4.78, 5) is 23.6. The molecule has 0 atom stereocenters. The minimum atomic E-state index is 0.236. The van der Waals surface area contributed by atoms with Crippen molar-refractivity contribution >= 4 is 17.6 Å². The lowest BCUT2D eigenvalue weighted by molar-refractivity contribution is -0.129. The Morgan fingerprint density at radius 1 is 1.11 bits per heavy atom. The maximum atomic E-state index is 12.2. The van der Waals surface area contributed by atoms with Crippen LogP contribution in [-0.2, 0) is 4.79 Å². The Kier molecular flexibility index (Phi) is 7.39. The highest BCUT2D eigenvalue weighted by molar-refractivity contribution is 5.81. The van der Waals surface area contributed by atoms with Gasteiger partial charge in [0.05, 0.1) is 13.7 Å². The molecule has 3 rings (SSSR count). The summed E-state index contributed by atoms with van der Waals surface area (Å²) in [5, 5.41) is 3.38. The molecule has 0 saturated carbocycles. The lowest BCUT2D eigenvalue weighted by atomic mass is 10.2. The second kappa shape index (κ2) is 10.2. The number of ether oxygens (including phenoxy) is 1. The molecular weight excluding hydrogens is 354 g/mol. The maximum absolute atomic E-state index is 12.2. The van der Waals surface area contributed by atoms with Gasteiger partial charge in [-0.25, -0.2) is 0 Å². The third kappa shape index (κ3) is 5.30. The van der Waals surface area contributed by atoms with Gasteiger partial charge in [-0.15, -0.1) is 0 Å². The fraction of sp³-hybridized carbons (Fsp3) is 0.619. The van der Waals surface area contributed by atoms with Crippen molar-refractivity contribution in [1.29, 1.82) is 0 Å². The molecule has 2 heterocycles. The lowest BCUT2D eigenvalue weighted by Crippen LogP contribution is -2.52. The molecule has 2 saturated heterocycles. The number of guanidine groups is 1. The lowest BCUT2D eigenvalue weighted by Gasteiger charge is -2.37. The zero-order valence-electron chi connectivity index (χ0n) is 17.2. The minimum absolute atomic E-state index is 0.236. The zero-order valence-corrected chi connectivity index (χ0v) is 17.2. The molecule has 1 amide bonds. The van der Waals surface area contributed by atoms with Crippen LogP contribution in [0.3, 0.4) is 0 Å². The van der Waals surface area contributed by atoms with Crippen LogP contribution in [0.25, 0.3) is 0 Å². The number of nitrogens with zero attached hydrogens (tertiary/aromatic N) is 4. The minimum Gasteiger partial charge on any atom is -0.497 e. The number of likely N-dealkylation sites (tertiary alicyclic amines) is 1. The SMILES string of the molecule is CCNC(=NCCC(=O)N1CCCC1)N1CCN(c2cccc(OC)c2)CC1. The van der Waals surface area contributed by atoms with Gasteiger partial charge in [0, 0.05) is 64.0 Å². The van der Waals surface area contributed by atoms with E-state index in [4.69, 9.17) is 9.73 Å². The van der Waals surface area contributed by atoms with Crippen LogP contribution in [0.1, 0.15) is 26.2 Å². The number of anilines is 1. The first-order chi connectivity index (χ1) is 13.7. The van der Waals surface area contributed by atoms with Crippen molar-refractivity contribution in [3.8, 4) is 5.75 Å². The van der Waals surface area contributed by atoms with E-state index in [1.54, 1.807) is 7.11 Å². The standard InChI is InChI=1S/C21H33N5O2/c1-3-22-21(23-10-9-20(27)25-11-4-5-12-25)26-15-13-24(14-16-26)18-7-6-8-19(17-18)28-2/h6-8,17H,3-5,9-16H2,1-2H3,(H,22,23). The van der Waals surface area contributed by atoms with Crippen LogP contribution in [0.5, 0.6) is 5.75 Å². The van der Waals surface area contributed by atoms with Gasteiger partial charge >= 0.3 is 0 Å². The largest absolute Gasteiger partial charge is 0.497 e. The zero-order chi connectivity index (χ0) is 19.8. The highest BCUT2D eigenvalue weighted by atomic mass is 16.5. The van der Waals surface area contributed by atoms with Crippen molar-refractivity contribution in [2.75, 3.05) is 64.4 Å². The van der Waals surface area contributed by atoms with E-state index in [-0.39, 0.29) is 5.91 Å². The van der Waals surface area contributed by atoms with Crippen molar-refractivity contribution in [1.82, 2.24) is 15.1 Å². The molecule has 1 aromatic carbocycles. The molecule has 0 aromatic heterocycles. The molecule has 0 unspecified atom stereocenters. The molecule has 1 N–H and O–H groups in total. The van der Waals surface area contributed by atoms with Crippen LogP contribution in [-0.4, -0.2) is 81.1 Å². The molecule has 2 aliphatic heterocycles. The van der Waals surface area contributed by atoms with E-state index in [1.165, 1.54) is 5.69 Å². The number of nitrogens with one attached hydrogen (secondary N) is 1. The van der Waals surface area contributed by atoms with Crippen LogP contribution in [0.4, 0.5) is 5.69 Å². The molecule has 2 aliphatic rings. The van der Waals surface area contributed by atoms with E-state index in [1.807, 2.05) is 17.0 Å². The Hall–Kier alpha value is -2.44. The number of hydrogen-bond donors (Lipinski definition) is 1. The van der Waals surface area contributed by atoms with E-state index >= 15 is 0 Å². The summed E-state index contributed by atoms with van der Waals surface area (Å²) in [6, 6.07) is 8.21. The molecule has 7 heteroatoms. The Balaban J connectivity index is 1.52. The summed E-state index contributed by atoms with van der Waals surface area (Å²) in [6.07, 6.45) is 2.77. The first-order valence-electron chi connectivity index (χ1n) is 10.4. The molecule has 0 radical (unpaired) electrons. The maximum Gasteiger partial charge on any atom is 0.224 e. The van der Waals surface area contributed by atoms with E-state index < -0.39 is 0 Å². The number of piperazine rings is 1. The molecule has 7 nitrogen and oxygen atoms in total. The number of hydrogen-bond acceptors (Lipinski definition) is 4. The first kappa shape index (κ1) is 20.3. The van der Waals surface area contributed by atoms with Crippen molar-refractivity contribution in [3.05, 3.63) is 24.3 Å². The van der Waals surface area contributed by atoms with Crippen molar-refractivity contribution in [2.45, 2.75) is 26.2 Å². The fourth-order valence-corrected chi connectivity index (χ4v) is 3.79. The van der Waals surface area contributed by atoms with Gasteiger partial charge in [-0.05, 0) is 31.9 Å². The van der Waals surface area contributed by atoms with E-state index in [0.717, 1.165) is 70.4 Å². The summed E-state index contributed by atoms with van der Waals surface area (Å²) in [7, 11) is 1.70. The molecule has 0 bridgehead atoms. The second-order valence-corrected chi connectivity index (χ2v) is 7.25. The number of aliphatic imine (C=N–C) groups is 1. The van der Waals surface area contributed by atoms with Crippen LogP contribution < -0.4 is 15.0 Å². The van der Waals surface area contributed by atoms with Crippen molar-refractivity contribution in [3.63, 3.8) is 0 Å². The van der Waals surface area contributed by atoms with Gasteiger partial charge in [0.15, 0.2) is 5.96 Å². The first-order valence-corrected chi connectivity index (χ1v) is 10.4. The second-order valence-electron chi connectivity index (χ2n) is 7.25. The summed E-state index contributed by atoms with van der Waals surface area (Å²) in [6.45, 7) is 8.96. The molecule has 0 spiro atoms. The van der Waals surface area contributed by atoms with Gasteiger partial charge in [-0.1, -0.05) is 6.07 Å². The summed E-state index contributed by atoms with van der Waals surface area (Å²) >= 11 is 0. The van der Waals surface area contributed by atoms with Crippen molar-refractivity contribution < 1.29 is 9.53 Å². The van der Waals surface area contributed by atoms with E-state index in [2.05, 4.69) is 34.2 Å².